The summed E-state index contributed by atoms with van der Waals surface area (Å²) in [6, 6.07) is 2.88. The molecule has 66 valence electrons. The van der Waals surface area contributed by atoms with E-state index in [1.165, 1.54) is 0 Å². The minimum atomic E-state index is -1.15. The molecule has 12 heavy (non-hydrogen) atoms. The predicted molar refractivity (Wildman–Crippen MR) is 42.0 cm³/mol. The molecule has 0 radical (unpaired) electrons. The summed E-state index contributed by atoms with van der Waals surface area (Å²) in [6.45, 7) is 0. The van der Waals surface area contributed by atoms with Gasteiger partial charge in [0.15, 0.2) is 0 Å². The van der Waals surface area contributed by atoms with Crippen molar-refractivity contribution in [3.63, 3.8) is 0 Å². The third-order valence-electron chi connectivity index (χ3n) is 1.46. The number of alkyl halides is 1. The highest BCUT2D eigenvalue weighted by Gasteiger charge is 2.11. The lowest BCUT2D eigenvalue weighted by Crippen LogP contribution is -2.02. The van der Waals surface area contributed by atoms with Gasteiger partial charge >= 0.3 is 0 Å². The molecule has 0 aliphatic carbocycles. The van der Waals surface area contributed by atoms with Crippen LogP contribution < -0.4 is 0 Å². The molecule has 0 bridgehead atoms. The van der Waals surface area contributed by atoms with Gasteiger partial charge in [0.2, 0.25) is 0 Å². The highest BCUT2D eigenvalue weighted by atomic mass is 35.5. The fourth-order valence-electron chi connectivity index (χ4n) is 0.853. The molecule has 1 nitrogen and oxygen atoms in total. The van der Waals surface area contributed by atoms with E-state index >= 15 is 0 Å². The Bertz CT molecular complexity index is 278. The predicted octanol–water partition coefficient (Wildman–Crippen LogP) is 2.24. The Balaban J connectivity index is 3.04. The SMILES string of the molecule is O[C@H](CCl)c1cc(F)ccc1F. The topological polar surface area (TPSA) is 20.2 Å². The van der Waals surface area contributed by atoms with E-state index < -0.39 is 17.7 Å². The molecule has 1 rings (SSSR count). The molecule has 0 saturated heterocycles. The van der Waals surface area contributed by atoms with Crippen LogP contribution in [0.15, 0.2) is 18.2 Å². The molecule has 0 saturated carbocycles. The summed E-state index contributed by atoms with van der Waals surface area (Å²) in [5.41, 5.74) is -0.106. The maximum atomic E-state index is 12.8. The van der Waals surface area contributed by atoms with Crippen molar-refractivity contribution in [2.24, 2.45) is 0 Å². The van der Waals surface area contributed by atoms with Gasteiger partial charge in [-0.3, -0.25) is 0 Å². The second-order valence-electron chi connectivity index (χ2n) is 2.34. The molecule has 4 heteroatoms. The molecule has 0 amide bonds. The first-order valence-electron chi connectivity index (χ1n) is 3.34. The lowest BCUT2D eigenvalue weighted by atomic mass is 10.1. The van der Waals surface area contributed by atoms with Crippen LogP contribution in [0.5, 0.6) is 0 Å². The Morgan fingerprint density at radius 2 is 2.08 bits per heavy atom. The van der Waals surface area contributed by atoms with Crippen molar-refractivity contribution in [3.8, 4) is 0 Å². The number of aliphatic hydroxyl groups is 1. The van der Waals surface area contributed by atoms with Crippen molar-refractivity contribution < 1.29 is 13.9 Å². The van der Waals surface area contributed by atoms with Gasteiger partial charge in [0.05, 0.1) is 12.0 Å². The number of halogens is 3. The van der Waals surface area contributed by atoms with E-state index in [0.29, 0.717) is 0 Å². The summed E-state index contributed by atoms with van der Waals surface area (Å²) in [5.74, 6) is -1.39. The Hall–Kier alpha value is -0.670. The van der Waals surface area contributed by atoms with Crippen LogP contribution in [-0.4, -0.2) is 11.0 Å². The molecule has 0 heterocycles. The molecular formula is C8H7ClF2O. The highest BCUT2D eigenvalue weighted by molar-refractivity contribution is 6.18. The van der Waals surface area contributed by atoms with Gasteiger partial charge in [-0.25, -0.2) is 8.78 Å². The maximum Gasteiger partial charge on any atom is 0.129 e. The van der Waals surface area contributed by atoms with Crippen LogP contribution in [-0.2, 0) is 0 Å². The molecule has 0 fully saturated rings. The van der Waals surface area contributed by atoms with Crippen LogP contribution in [0.4, 0.5) is 8.78 Å². The first-order chi connectivity index (χ1) is 5.65. The Morgan fingerprint density at radius 3 is 2.67 bits per heavy atom. The number of aliphatic hydroxyl groups excluding tert-OH is 1. The van der Waals surface area contributed by atoms with Gasteiger partial charge in [-0.15, -0.1) is 11.6 Å². The van der Waals surface area contributed by atoms with Crippen LogP contribution in [0.3, 0.4) is 0 Å². The van der Waals surface area contributed by atoms with Crippen LogP contribution in [0.1, 0.15) is 11.7 Å². The van der Waals surface area contributed by atoms with Gasteiger partial charge in [0.25, 0.3) is 0 Å². The van der Waals surface area contributed by atoms with Gasteiger partial charge in [-0.05, 0) is 18.2 Å². The maximum absolute atomic E-state index is 12.8. The zero-order chi connectivity index (χ0) is 9.14. The molecule has 1 atom stereocenters. The summed E-state index contributed by atoms with van der Waals surface area (Å²) in [5, 5.41) is 9.10. The van der Waals surface area contributed by atoms with Crippen LogP contribution in [0, 0.1) is 11.6 Å². The molecular weight excluding hydrogens is 186 g/mol. The Kier molecular flexibility index (Phi) is 3.00. The van der Waals surface area contributed by atoms with Crippen molar-refractivity contribution in [2.75, 3.05) is 5.88 Å². The molecule has 0 spiro atoms. The van der Waals surface area contributed by atoms with Gasteiger partial charge in [-0.1, -0.05) is 0 Å². The number of benzene rings is 1. The van der Waals surface area contributed by atoms with E-state index in [1.807, 2.05) is 0 Å². The summed E-state index contributed by atoms with van der Waals surface area (Å²) in [6.07, 6.45) is -1.15. The van der Waals surface area contributed by atoms with E-state index in [-0.39, 0.29) is 11.4 Å². The minimum Gasteiger partial charge on any atom is -0.387 e. The Labute approximate surface area is 73.6 Å². The second-order valence-corrected chi connectivity index (χ2v) is 2.64. The normalized spacial score (nSPS) is 13.0. The van der Waals surface area contributed by atoms with Crippen molar-refractivity contribution in [1.29, 1.82) is 0 Å². The average molecular weight is 193 g/mol. The smallest absolute Gasteiger partial charge is 0.129 e. The monoisotopic (exact) mass is 192 g/mol. The van der Waals surface area contributed by atoms with Crippen molar-refractivity contribution in [1.82, 2.24) is 0 Å². The first-order valence-corrected chi connectivity index (χ1v) is 3.87. The number of rotatable bonds is 2. The standard InChI is InChI=1S/C8H7ClF2O/c9-4-8(12)6-3-5(10)1-2-7(6)11/h1-3,8,12H,4H2/t8-/m1/s1. The van der Waals surface area contributed by atoms with Gasteiger partial charge in [0, 0.05) is 5.56 Å². The molecule has 0 aliphatic rings. The van der Waals surface area contributed by atoms with Crippen LogP contribution in [0.2, 0.25) is 0 Å². The third kappa shape index (κ3) is 1.93. The van der Waals surface area contributed by atoms with E-state index in [9.17, 15) is 8.78 Å². The number of hydrogen-bond acceptors (Lipinski definition) is 1. The van der Waals surface area contributed by atoms with Gasteiger partial charge in [0.1, 0.15) is 11.6 Å². The summed E-state index contributed by atoms with van der Waals surface area (Å²) in [4.78, 5) is 0. The lowest BCUT2D eigenvalue weighted by molar-refractivity contribution is 0.197. The molecule has 1 aromatic carbocycles. The van der Waals surface area contributed by atoms with E-state index in [2.05, 4.69) is 0 Å². The second kappa shape index (κ2) is 3.83. The highest BCUT2D eigenvalue weighted by Crippen LogP contribution is 2.18. The minimum absolute atomic E-state index is 0.106. The van der Waals surface area contributed by atoms with E-state index in [0.717, 1.165) is 18.2 Å². The summed E-state index contributed by atoms with van der Waals surface area (Å²) < 4.78 is 25.3. The Morgan fingerprint density at radius 1 is 1.42 bits per heavy atom. The van der Waals surface area contributed by atoms with Crippen molar-refractivity contribution in [3.05, 3.63) is 35.4 Å². The molecule has 1 N–H and O–H groups in total. The van der Waals surface area contributed by atoms with Gasteiger partial charge in [-0.2, -0.15) is 0 Å². The van der Waals surface area contributed by atoms with Crippen molar-refractivity contribution >= 4 is 11.6 Å². The third-order valence-corrected chi connectivity index (χ3v) is 1.76. The fraction of sp³-hybridized carbons (Fsp3) is 0.250. The van der Waals surface area contributed by atoms with Gasteiger partial charge < -0.3 is 5.11 Å². The molecule has 1 aromatic rings. The summed E-state index contributed by atoms with van der Waals surface area (Å²) in [7, 11) is 0. The van der Waals surface area contributed by atoms with Crippen LogP contribution in [0.25, 0.3) is 0 Å². The van der Waals surface area contributed by atoms with Crippen LogP contribution >= 0.6 is 11.6 Å². The molecule has 0 aliphatic heterocycles. The zero-order valence-electron chi connectivity index (χ0n) is 6.10. The zero-order valence-corrected chi connectivity index (χ0v) is 6.85. The average Bonchev–Trinajstić information content (AvgIpc) is 2.08. The first kappa shape index (κ1) is 9.42. The fourth-order valence-corrected chi connectivity index (χ4v) is 1.02. The van der Waals surface area contributed by atoms with E-state index in [4.69, 9.17) is 16.7 Å². The quantitative estimate of drug-likeness (QED) is 0.713. The number of hydrogen-bond donors (Lipinski definition) is 1. The summed E-state index contributed by atoms with van der Waals surface area (Å²) >= 11 is 5.27. The lowest BCUT2D eigenvalue weighted by Gasteiger charge is -2.07. The molecule has 0 unspecified atom stereocenters. The van der Waals surface area contributed by atoms with E-state index in [1.54, 1.807) is 0 Å². The molecule has 0 aromatic heterocycles. The van der Waals surface area contributed by atoms with Crippen molar-refractivity contribution in [2.45, 2.75) is 6.10 Å². The largest absolute Gasteiger partial charge is 0.387 e.